The zero-order valence-electron chi connectivity index (χ0n) is 66.2. The van der Waals surface area contributed by atoms with Crippen LogP contribution >= 0.6 is 0 Å². The first kappa shape index (κ1) is 71.6. The van der Waals surface area contributed by atoms with Crippen molar-refractivity contribution in [2.45, 2.75) is 0 Å². The average Bonchev–Trinajstić information content (AvgIpc) is 1.66. The van der Waals surface area contributed by atoms with Gasteiger partial charge < -0.3 is 18.3 Å². The number of nitrogens with zero attached hydrogens (tertiary/aromatic N) is 5. The van der Waals surface area contributed by atoms with Gasteiger partial charge in [0.25, 0.3) is 0 Å². The quantitative estimate of drug-likeness (QED) is 0.0790. The van der Waals surface area contributed by atoms with Gasteiger partial charge in [0, 0.05) is 65.8 Å². The Bertz CT molecular complexity index is 7800. The SMILES string of the molecule is N#Cc1ccc(-c2cccc(-c3ccc(-n4c5ccccc5c5cc(-c6ccc7c(c6)c6ccccc6n7-c6ccccc6)ccc54)cc3)c2)cc1.c1ccc(-n2c3ccccc3c3cc(-c4ccc5c(c4)c4ccccc4n5-c4ccc(-c5cccc(-c6ccc([Si](c7ccccc7)(c7ccccc7)c7ccccc7)cc6)c5)cc4)ccc32)cc1. The lowest BCUT2D eigenvalue weighted by atomic mass is 9.98. The normalized spacial score (nSPS) is 11.6. The average molecular weight is 1560 g/mol. The van der Waals surface area contributed by atoms with Crippen molar-refractivity contribution in [2.75, 3.05) is 0 Å². The predicted molar refractivity (Wildman–Crippen MR) is 511 cm³/mol. The van der Waals surface area contributed by atoms with Crippen molar-refractivity contribution in [1.29, 1.82) is 5.26 Å². The van der Waals surface area contributed by atoms with E-state index >= 15 is 0 Å². The molecule has 0 atom stereocenters. The van der Waals surface area contributed by atoms with Crippen molar-refractivity contribution in [3.63, 3.8) is 0 Å². The van der Waals surface area contributed by atoms with E-state index in [2.05, 4.69) is 467 Å². The molecule has 0 radical (unpaired) electrons. The second-order valence-corrected chi connectivity index (χ2v) is 35.2. The van der Waals surface area contributed by atoms with Gasteiger partial charge in [0.2, 0.25) is 0 Å². The zero-order chi connectivity index (χ0) is 80.3. The van der Waals surface area contributed by atoms with Crippen molar-refractivity contribution in [3.8, 4) is 95.6 Å². The van der Waals surface area contributed by atoms with Crippen molar-refractivity contribution >= 4 is 116 Å². The van der Waals surface area contributed by atoms with Crippen molar-refractivity contribution in [1.82, 2.24) is 18.3 Å². The van der Waals surface area contributed by atoms with Crippen LogP contribution < -0.4 is 20.7 Å². The third-order valence-electron chi connectivity index (χ3n) is 24.6. The van der Waals surface area contributed by atoms with Gasteiger partial charge in [0.05, 0.1) is 55.8 Å². The maximum Gasteiger partial charge on any atom is 0.179 e. The molecule has 0 saturated heterocycles. The molecule has 4 aromatic heterocycles. The number of aromatic nitrogens is 4. The van der Waals surface area contributed by atoms with E-state index in [4.69, 9.17) is 0 Å². The van der Waals surface area contributed by atoms with E-state index in [1.807, 2.05) is 24.3 Å². The van der Waals surface area contributed by atoms with E-state index in [-0.39, 0.29) is 0 Å². The summed E-state index contributed by atoms with van der Waals surface area (Å²) < 4.78 is 9.53. The fourth-order valence-electron chi connectivity index (χ4n) is 19.0. The standard InChI is InChI=1S/C66H46N2Si.C49H31N3/c1-5-20-53(21-6-1)67-63-30-15-13-28-59(63)61-45-51(36-42-65(61)67)52-37-43-66-62(46-52)60-29-14-16-31-64(60)68(66)54-38-32-47(33-39-54)49-18-17-19-50(44-49)48-34-40-58(41-35-48)69(55-22-7-2-8-23-55,56-24-9-3-10-25-56)57-26-11-4-12-27-57;50-32-33-17-19-34(20-18-33)36-9-8-10-37(29-36)35-21-25-41(26-22-35)52-47-16-7-5-14-43(47)45-31-39(24-28-49(45)52)38-23-27-48-44(30-38)42-13-4-6-15-46(42)51(48)40-11-2-1-3-12-40/h1-46H;1-31H. The number of nitriles is 1. The second kappa shape index (κ2) is 30.3. The Labute approximate surface area is 703 Å². The Balaban J connectivity index is 0.000000151. The molecule has 0 bridgehead atoms. The lowest BCUT2D eigenvalue weighted by molar-refractivity contribution is 1.18. The number of hydrogen-bond donors (Lipinski definition) is 0. The van der Waals surface area contributed by atoms with Crippen molar-refractivity contribution < 1.29 is 0 Å². The zero-order valence-corrected chi connectivity index (χ0v) is 67.2. The van der Waals surface area contributed by atoms with E-state index < -0.39 is 8.07 Å². The highest BCUT2D eigenvalue weighted by molar-refractivity contribution is 7.19. The smallest absolute Gasteiger partial charge is 0.179 e. The Morgan fingerprint density at radius 1 is 0.157 bits per heavy atom. The van der Waals surface area contributed by atoms with Gasteiger partial charge in [-0.2, -0.15) is 5.26 Å². The van der Waals surface area contributed by atoms with Crippen LogP contribution in [0, 0.1) is 11.3 Å². The summed E-state index contributed by atoms with van der Waals surface area (Å²) >= 11 is 0. The van der Waals surface area contributed by atoms with E-state index in [0.717, 1.165) is 33.6 Å². The summed E-state index contributed by atoms with van der Waals surface area (Å²) in [6, 6.07) is 172. The number of para-hydroxylation sites is 6. The highest BCUT2D eigenvalue weighted by atomic mass is 28.3. The Kier molecular flexibility index (Phi) is 17.9. The minimum absolute atomic E-state index is 0.668. The van der Waals surface area contributed by atoms with E-state index in [1.54, 1.807) is 0 Å². The molecular weight excluding hydrogens is 1480 g/mol. The molecule has 566 valence electrons. The van der Waals surface area contributed by atoms with Crippen molar-refractivity contribution in [2.24, 2.45) is 0 Å². The van der Waals surface area contributed by atoms with Gasteiger partial charge in [0.1, 0.15) is 0 Å². The molecule has 0 saturated carbocycles. The summed E-state index contributed by atoms with van der Waals surface area (Å²) in [7, 11) is -2.60. The van der Waals surface area contributed by atoms with Crippen LogP contribution in [-0.2, 0) is 0 Å². The summed E-state index contributed by atoms with van der Waals surface area (Å²) in [6.45, 7) is 0. The van der Waals surface area contributed by atoms with Gasteiger partial charge >= 0.3 is 0 Å². The van der Waals surface area contributed by atoms with Crippen molar-refractivity contribution in [3.05, 3.63) is 473 Å². The first-order valence-electron chi connectivity index (χ1n) is 41.4. The monoisotopic (exact) mass is 1560 g/mol. The van der Waals surface area contributed by atoms with Gasteiger partial charge in [-0.3, -0.25) is 0 Å². The lowest BCUT2D eigenvalue weighted by Gasteiger charge is -2.34. The highest BCUT2D eigenvalue weighted by Crippen LogP contribution is 2.43. The molecule has 0 aliphatic heterocycles. The predicted octanol–water partition coefficient (Wildman–Crippen LogP) is 27.0. The number of rotatable bonds is 14. The molecule has 0 fully saturated rings. The summed E-state index contributed by atoms with van der Waals surface area (Å²) in [4.78, 5) is 0. The van der Waals surface area contributed by atoms with Crippen LogP contribution in [0.25, 0.3) is 177 Å². The Hall–Kier alpha value is -15.9. The Morgan fingerprint density at radius 3 is 0.661 bits per heavy atom. The number of hydrogen-bond acceptors (Lipinski definition) is 1. The maximum atomic E-state index is 9.20. The molecule has 5 nitrogen and oxygen atoms in total. The third kappa shape index (κ3) is 12.5. The van der Waals surface area contributed by atoms with Crippen LogP contribution in [0.3, 0.4) is 0 Å². The van der Waals surface area contributed by atoms with Gasteiger partial charge in [-0.15, -0.1) is 0 Å². The minimum Gasteiger partial charge on any atom is -0.309 e. The second-order valence-electron chi connectivity index (χ2n) is 31.4. The van der Waals surface area contributed by atoms with E-state index in [0.29, 0.717) is 5.56 Å². The molecule has 4 heterocycles. The summed E-state index contributed by atoms with van der Waals surface area (Å²) in [5.41, 5.74) is 29.0. The minimum atomic E-state index is -2.60. The summed E-state index contributed by atoms with van der Waals surface area (Å²) in [5.74, 6) is 0. The first-order chi connectivity index (χ1) is 59.9. The molecule has 19 aromatic carbocycles. The molecular formula is C115H77N5Si. The lowest BCUT2D eigenvalue weighted by Crippen LogP contribution is -2.74. The number of fused-ring (bicyclic) bond motifs is 12. The molecule has 23 aromatic rings. The summed E-state index contributed by atoms with van der Waals surface area (Å²) in [5, 5.41) is 24.7. The van der Waals surface area contributed by atoms with Crippen LogP contribution in [0.1, 0.15) is 5.56 Å². The number of benzene rings is 19. The van der Waals surface area contributed by atoms with Crippen LogP contribution in [0.5, 0.6) is 0 Å². The molecule has 121 heavy (non-hydrogen) atoms. The van der Waals surface area contributed by atoms with Gasteiger partial charge in [-0.1, -0.05) is 322 Å². The maximum absolute atomic E-state index is 9.20. The molecule has 0 spiro atoms. The van der Waals surface area contributed by atoms with Crippen LogP contribution in [0.4, 0.5) is 0 Å². The molecule has 0 amide bonds. The van der Waals surface area contributed by atoms with Crippen LogP contribution in [-0.4, -0.2) is 26.3 Å². The molecule has 6 heteroatoms. The van der Waals surface area contributed by atoms with Gasteiger partial charge in [-0.25, -0.2) is 0 Å². The Morgan fingerprint density at radius 2 is 0.372 bits per heavy atom. The summed E-state index contributed by atoms with van der Waals surface area (Å²) in [6.07, 6.45) is 0. The third-order valence-corrected chi connectivity index (χ3v) is 29.4. The fourth-order valence-corrected chi connectivity index (χ4v) is 23.7. The fraction of sp³-hybridized carbons (Fsp3) is 0. The van der Waals surface area contributed by atoms with Gasteiger partial charge in [-0.05, 0) is 233 Å². The topological polar surface area (TPSA) is 43.5 Å². The van der Waals surface area contributed by atoms with E-state index in [1.165, 1.54) is 164 Å². The van der Waals surface area contributed by atoms with Crippen LogP contribution in [0.15, 0.2) is 467 Å². The first-order valence-corrected chi connectivity index (χ1v) is 43.4. The van der Waals surface area contributed by atoms with Crippen LogP contribution in [0.2, 0.25) is 0 Å². The largest absolute Gasteiger partial charge is 0.309 e. The molecule has 0 aliphatic carbocycles. The molecule has 0 unspecified atom stereocenters. The van der Waals surface area contributed by atoms with E-state index in [9.17, 15) is 5.26 Å². The molecule has 0 N–H and O–H groups in total. The van der Waals surface area contributed by atoms with Gasteiger partial charge in [0.15, 0.2) is 8.07 Å². The molecule has 0 aliphatic rings. The molecule has 23 rings (SSSR count). The highest BCUT2D eigenvalue weighted by Gasteiger charge is 2.41.